The molecule has 2 heterocycles. The van der Waals surface area contributed by atoms with Gasteiger partial charge in [0.2, 0.25) is 5.95 Å². The van der Waals surface area contributed by atoms with Crippen molar-refractivity contribution in [3.8, 4) is 0 Å². The molecule has 1 atom stereocenters. The van der Waals surface area contributed by atoms with E-state index in [1.54, 1.807) is 22.1 Å². The number of aromatic nitrogens is 2. The fraction of sp³-hybridized carbons (Fsp3) is 0.333. The zero-order chi connectivity index (χ0) is 29.0. The fourth-order valence-corrected chi connectivity index (χ4v) is 5.12. The molecule has 41 heavy (non-hydrogen) atoms. The Balaban J connectivity index is 1.42. The first-order valence-electron chi connectivity index (χ1n) is 14.1. The topological polar surface area (TPSA) is 87.7 Å². The molecule has 4 aromatic rings. The highest BCUT2D eigenvalue weighted by Gasteiger charge is 2.33. The minimum absolute atomic E-state index is 0.0202. The van der Waals surface area contributed by atoms with Crippen LogP contribution in [0.2, 0.25) is 0 Å². The maximum Gasteiger partial charge on any atom is 0.410 e. The van der Waals surface area contributed by atoms with Crippen LogP contribution in [0.3, 0.4) is 0 Å². The third-order valence-electron chi connectivity index (χ3n) is 7.23. The van der Waals surface area contributed by atoms with Gasteiger partial charge >= 0.3 is 6.09 Å². The number of nitrogens with one attached hydrogen (secondary N) is 1. The summed E-state index contributed by atoms with van der Waals surface area (Å²) >= 11 is 0. The van der Waals surface area contributed by atoms with Crippen molar-refractivity contribution < 1.29 is 14.3 Å². The Morgan fingerprint density at radius 1 is 0.951 bits per heavy atom. The zero-order valence-electron chi connectivity index (χ0n) is 24.1. The van der Waals surface area contributed by atoms with E-state index in [1.807, 2.05) is 81.4 Å². The molecule has 0 radical (unpaired) electrons. The van der Waals surface area contributed by atoms with Crippen molar-refractivity contribution in [2.24, 2.45) is 0 Å². The average Bonchev–Trinajstić information content (AvgIpc) is 2.97. The van der Waals surface area contributed by atoms with Gasteiger partial charge in [-0.3, -0.25) is 9.69 Å². The number of piperidine rings is 1. The van der Waals surface area contributed by atoms with Gasteiger partial charge in [0, 0.05) is 30.9 Å². The van der Waals surface area contributed by atoms with E-state index in [0.29, 0.717) is 43.3 Å². The number of carbonyl (C=O) groups is 2. The molecule has 212 valence electrons. The Kier molecular flexibility index (Phi) is 8.19. The molecule has 5 rings (SSSR count). The number of anilines is 2. The molecule has 2 amide bonds. The van der Waals surface area contributed by atoms with Crippen molar-refractivity contribution in [2.45, 2.75) is 58.2 Å². The van der Waals surface area contributed by atoms with Gasteiger partial charge in [0.1, 0.15) is 11.4 Å². The predicted molar refractivity (Wildman–Crippen MR) is 162 cm³/mol. The third-order valence-corrected chi connectivity index (χ3v) is 7.23. The predicted octanol–water partition coefficient (Wildman–Crippen LogP) is 6.85. The van der Waals surface area contributed by atoms with Crippen LogP contribution in [0.15, 0.2) is 85.1 Å². The molecular weight excluding hydrogens is 514 g/mol. The first-order chi connectivity index (χ1) is 19.7. The van der Waals surface area contributed by atoms with Crippen LogP contribution >= 0.6 is 0 Å². The largest absolute Gasteiger partial charge is 0.444 e. The average molecular weight is 552 g/mol. The van der Waals surface area contributed by atoms with Gasteiger partial charge in [0.25, 0.3) is 5.91 Å². The van der Waals surface area contributed by atoms with Gasteiger partial charge in [0.05, 0.1) is 6.04 Å². The highest BCUT2D eigenvalue weighted by atomic mass is 16.6. The van der Waals surface area contributed by atoms with Crippen molar-refractivity contribution in [1.29, 1.82) is 0 Å². The van der Waals surface area contributed by atoms with E-state index in [9.17, 15) is 9.59 Å². The fourth-order valence-electron chi connectivity index (χ4n) is 5.12. The van der Waals surface area contributed by atoms with Crippen LogP contribution < -0.4 is 10.2 Å². The van der Waals surface area contributed by atoms with E-state index in [1.165, 1.54) is 0 Å². The molecule has 1 aliphatic rings. The smallest absolute Gasteiger partial charge is 0.410 e. The molecule has 8 nitrogen and oxygen atoms in total. The van der Waals surface area contributed by atoms with E-state index in [2.05, 4.69) is 29.4 Å². The van der Waals surface area contributed by atoms with Crippen LogP contribution in [0.1, 0.15) is 62.5 Å². The molecule has 0 saturated carbocycles. The summed E-state index contributed by atoms with van der Waals surface area (Å²) in [6.07, 6.45) is 2.56. The zero-order valence-corrected chi connectivity index (χ0v) is 24.1. The molecule has 1 aliphatic heterocycles. The lowest BCUT2D eigenvalue weighted by molar-refractivity contribution is 0.0205. The highest BCUT2D eigenvalue weighted by Crippen LogP contribution is 2.28. The van der Waals surface area contributed by atoms with Gasteiger partial charge in [-0.1, -0.05) is 60.7 Å². The summed E-state index contributed by atoms with van der Waals surface area (Å²) < 4.78 is 5.58. The van der Waals surface area contributed by atoms with Gasteiger partial charge in [0.15, 0.2) is 0 Å². The van der Waals surface area contributed by atoms with E-state index in [4.69, 9.17) is 9.72 Å². The number of ether oxygens (including phenoxy) is 1. The molecule has 0 aliphatic carbocycles. The molecule has 1 fully saturated rings. The summed E-state index contributed by atoms with van der Waals surface area (Å²) in [7, 11) is 0. The van der Waals surface area contributed by atoms with Crippen molar-refractivity contribution in [3.63, 3.8) is 0 Å². The lowest BCUT2D eigenvalue weighted by Crippen LogP contribution is -2.50. The minimum atomic E-state index is -0.562. The normalized spacial score (nSPS) is 14.9. The van der Waals surface area contributed by atoms with Crippen LogP contribution in [0.25, 0.3) is 10.8 Å². The molecule has 1 aromatic heterocycles. The van der Waals surface area contributed by atoms with Crippen molar-refractivity contribution in [3.05, 3.63) is 96.2 Å². The lowest BCUT2D eigenvalue weighted by atomic mass is 10.0. The van der Waals surface area contributed by atoms with Gasteiger partial charge in [-0.15, -0.1) is 0 Å². The van der Waals surface area contributed by atoms with Crippen molar-refractivity contribution >= 4 is 34.5 Å². The first-order valence-corrected chi connectivity index (χ1v) is 14.1. The number of hydrogen-bond acceptors (Lipinski definition) is 6. The molecule has 3 aromatic carbocycles. The van der Waals surface area contributed by atoms with Gasteiger partial charge in [-0.25, -0.2) is 9.78 Å². The standard InChI is InChI=1S/C33H37N5O3/c1-23(24-10-6-5-7-11-24)35-31-34-19-16-29(36-31)38(28-17-20-37(21-18-28)32(40)41-33(2,3)4)30(39)27-15-14-25-12-8-9-13-26(25)22-27/h5-16,19,22-23,28H,17-18,20-21H2,1-4H3,(H,34,35,36)/t23-/m1/s1. The summed E-state index contributed by atoms with van der Waals surface area (Å²) in [5.74, 6) is 0.838. The van der Waals surface area contributed by atoms with Gasteiger partial charge in [-0.2, -0.15) is 4.98 Å². The number of nitrogens with zero attached hydrogens (tertiary/aromatic N) is 4. The van der Waals surface area contributed by atoms with Crippen molar-refractivity contribution in [2.75, 3.05) is 23.3 Å². The Bertz CT molecular complexity index is 1510. The molecule has 0 bridgehead atoms. The number of carbonyl (C=O) groups excluding carboxylic acids is 2. The molecular formula is C33H37N5O3. The summed E-state index contributed by atoms with van der Waals surface area (Å²) in [5.41, 5.74) is 1.14. The van der Waals surface area contributed by atoms with Crippen LogP contribution in [0, 0.1) is 0 Å². The van der Waals surface area contributed by atoms with Crippen LogP contribution in [0.4, 0.5) is 16.6 Å². The second kappa shape index (κ2) is 12.0. The minimum Gasteiger partial charge on any atom is -0.444 e. The second-order valence-electron chi connectivity index (χ2n) is 11.5. The number of likely N-dealkylation sites (tertiary alicyclic amines) is 1. The van der Waals surface area contributed by atoms with Crippen LogP contribution in [0.5, 0.6) is 0 Å². The second-order valence-corrected chi connectivity index (χ2v) is 11.5. The van der Waals surface area contributed by atoms with Gasteiger partial charge in [-0.05, 0) is 75.1 Å². The van der Waals surface area contributed by atoms with E-state index in [0.717, 1.165) is 16.3 Å². The molecule has 1 saturated heterocycles. The summed E-state index contributed by atoms with van der Waals surface area (Å²) in [6.45, 7) is 8.61. The number of fused-ring (bicyclic) bond motifs is 1. The summed E-state index contributed by atoms with van der Waals surface area (Å²) in [6, 6.07) is 25.4. The maximum absolute atomic E-state index is 14.2. The monoisotopic (exact) mass is 551 g/mol. The number of amides is 2. The van der Waals surface area contributed by atoms with Gasteiger partial charge < -0.3 is 15.0 Å². The van der Waals surface area contributed by atoms with Crippen LogP contribution in [-0.4, -0.2) is 51.6 Å². The number of benzene rings is 3. The number of hydrogen-bond donors (Lipinski definition) is 1. The molecule has 8 heteroatoms. The Hall–Kier alpha value is -4.46. The quantitative estimate of drug-likeness (QED) is 0.282. The summed E-state index contributed by atoms with van der Waals surface area (Å²) in [4.78, 5) is 39.6. The first kappa shape index (κ1) is 28.1. The molecule has 1 N–H and O–H groups in total. The highest BCUT2D eigenvalue weighted by molar-refractivity contribution is 6.08. The Morgan fingerprint density at radius 2 is 1.63 bits per heavy atom. The van der Waals surface area contributed by atoms with E-state index >= 15 is 0 Å². The SMILES string of the molecule is C[C@@H](Nc1nccc(N(C(=O)c2ccc3ccccc3c2)C2CCN(C(=O)OC(C)(C)C)CC2)n1)c1ccccc1. The van der Waals surface area contributed by atoms with Crippen molar-refractivity contribution in [1.82, 2.24) is 14.9 Å². The molecule has 0 spiro atoms. The third kappa shape index (κ3) is 6.82. The Morgan fingerprint density at radius 3 is 2.34 bits per heavy atom. The number of rotatable bonds is 6. The van der Waals surface area contributed by atoms with E-state index in [-0.39, 0.29) is 24.1 Å². The Labute approximate surface area is 241 Å². The van der Waals surface area contributed by atoms with E-state index < -0.39 is 5.60 Å². The maximum atomic E-state index is 14.2. The summed E-state index contributed by atoms with van der Waals surface area (Å²) in [5, 5.41) is 5.45. The lowest BCUT2D eigenvalue weighted by Gasteiger charge is -2.38. The molecule has 0 unspecified atom stereocenters. The van der Waals surface area contributed by atoms with Crippen LogP contribution in [-0.2, 0) is 4.74 Å².